The summed E-state index contributed by atoms with van der Waals surface area (Å²) >= 11 is 0. The smallest absolute Gasteiger partial charge is 0.241 e. The number of sulfonamides is 1. The fraction of sp³-hybridized carbons (Fsp3) is 0.364. The van der Waals surface area contributed by atoms with Crippen LogP contribution < -0.4 is 10.0 Å². The summed E-state index contributed by atoms with van der Waals surface area (Å²) in [6.07, 6.45) is 2.66. The van der Waals surface area contributed by atoms with Crippen LogP contribution in [0.5, 0.6) is 0 Å². The van der Waals surface area contributed by atoms with E-state index >= 15 is 0 Å². The van der Waals surface area contributed by atoms with Crippen molar-refractivity contribution >= 4 is 21.8 Å². The molecule has 0 saturated carbocycles. The Hall–Kier alpha value is -2.71. The maximum absolute atomic E-state index is 13.1. The molecule has 2 aromatic carbocycles. The summed E-state index contributed by atoms with van der Waals surface area (Å²) in [5.41, 5.74) is 0.854. The molecule has 3 rings (SSSR count). The van der Waals surface area contributed by atoms with E-state index < -0.39 is 16.1 Å². The standard InChI is InChI=1S/C22H27N3O4S/c26-21-16-20(18-10-4-1-5-11-18)25(15-9-3-8-14-23-21)22(27)17-24-30(28,29)19-12-6-2-7-13-19/h1-2,4-7,10-13,20,24H,3,8-9,14-17H2,(H,23,26)/t20-/m0/s1. The van der Waals surface area contributed by atoms with Crippen LogP contribution in [0.2, 0.25) is 0 Å². The fourth-order valence-electron chi connectivity index (χ4n) is 3.54. The molecule has 2 aromatic rings. The van der Waals surface area contributed by atoms with E-state index in [-0.39, 0.29) is 29.7 Å². The Balaban J connectivity index is 1.80. The lowest BCUT2D eigenvalue weighted by molar-refractivity contribution is -0.134. The monoisotopic (exact) mass is 429 g/mol. The van der Waals surface area contributed by atoms with Gasteiger partial charge in [0.2, 0.25) is 21.8 Å². The van der Waals surface area contributed by atoms with E-state index in [0.29, 0.717) is 13.1 Å². The Morgan fingerprint density at radius 3 is 2.37 bits per heavy atom. The molecule has 1 aliphatic rings. The molecule has 0 spiro atoms. The van der Waals surface area contributed by atoms with Crippen LogP contribution in [0.25, 0.3) is 0 Å². The average Bonchev–Trinajstić information content (AvgIpc) is 2.77. The highest BCUT2D eigenvalue weighted by atomic mass is 32.2. The van der Waals surface area contributed by atoms with Gasteiger partial charge in [-0.15, -0.1) is 0 Å². The van der Waals surface area contributed by atoms with Crippen LogP contribution in [-0.2, 0) is 19.6 Å². The third kappa shape index (κ3) is 5.90. The van der Waals surface area contributed by atoms with Gasteiger partial charge in [0.25, 0.3) is 0 Å². The lowest BCUT2D eigenvalue weighted by Gasteiger charge is -2.33. The van der Waals surface area contributed by atoms with Gasteiger partial charge < -0.3 is 10.2 Å². The Labute approximate surface area is 177 Å². The quantitative estimate of drug-likeness (QED) is 0.762. The summed E-state index contributed by atoms with van der Waals surface area (Å²) in [5, 5.41) is 2.90. The highest BCUT2D eigenvalue weighted by molar-refractivity contribution is 7.89. The Kier molecular flexibility index (Phi) is 7.59. The second kappa shape index (κ2) is 10.4. The number of benzene rings is 2. The second-order valence-electron chi connectivity index (χ2n) is 7.27. The second-order valence-corrected chi connectivity index (χ2v) is 9.03. The highest BCUT2D eigenvalue weighted by Gasteiger charge is 2.28. The first kappa shape index (κ1) is 22.0. The van der Waals surface area contributed by atoms with Gasteiger partial charge in [-0.05, 0) is 37.0 Å². The molecule has 0 bridgehead atoms. The molecule has 0 radical (unpaired) electrons. The summed E-state index contributed by atoms with van der Waals surface area (Å²) in [6.45, 7) is 0.742. The van der Waals surface area contributed by atoms with Crippen molar-refractivity contribution in [3.8, 4) is 0 Å². The van der Waals surface area contributed by atoms with E-state index in [0.717, 1.165) is 24.8 Å². The lowest BCUT2D eigenvalue weighted by Crippen LogP contribution is -2.44. The van der Waals surface area contributed by atoms with Crippen LogP contribution >= 0.6 is 0 Å². The van der Waals surface area contributed by atoms with Crippen molar-refractivity contribution in [2.45, 2.75) is 36.6 Å². The van der Waals surface area contributed by atoms with Crippen LogP contribution in [0.1, 0.15) is 37.3 Å². The van der Waals surface area contributed by atoms with Gasteiger partial charge >= 0.3 is 0 Å². The molecule has 8 heteroatoms. The highest BCUT2D eigenvalue weighted by Crippen LogP contribution is 2.26. The molecule has 0 unspecified atom stereocenters. The predicted molar refractivity (Wildman–Crippen MR) is 114 cm³/mol. The van der Waals surface area contributed by atoms with E-state index in [9.17, 15) is 18.0 Å². The van der Waals surface area contributed by atoms with E-state index in [2.05, 4.69) is 10.0 Å². The van der Waals surface area contributed by atoms with Crippen molar-refractivity contribution < 1.29 is 18.0 Å². The zero-order chi connectivity index (χ0) is 21.4. The van der Waals surface area contributed by atoms with Crippen molar-refractivity contribution in [1.82, 2.24) is 14.9 Å². The minimum atomic E-state index is -3.79. The maximum atomic E-state index is 13.1. The lowest BCUT2D eigenvalue weighted by atomic mass is 10.00. The average molecular weight is 430 g/mol. The van der Waals surface area contributed by atoms with Gasteiger partial charge in [0.1, 0.15) is 0 Å². The molecule has 30 heavy (non-hydrogen) atoms. The van der Waals surface area contributed by atoms with E-state index in [1.807, 2.05) is 30.3 Å². The molecular formula is C22H27N3O4S. The number of rotatable bonds is 5. The van der Waals surface area contributed by atoms with Crippen molar-refractivity contribution in [2.75, 3.05) is 19.6 Å². The van der Waals surface area contributed by atoms with Crippen molar-refractivity contribution in [1.29, 1.82) is 0 Å². The van der Waals surface area contributed by atoms with Gasteiger partial charge in [0, 0.05) is 13.1 Å². The van der Waals surface area contributed by atoms with Crippen molar-refractivity contribution in [3.63, 3.8) is 0 Å². The molecule has 160 valence electrons. The van der Waals surface area contributed by atoms with Crippen LogP contribution in [-0.4, -0.2) is 44.8 Å². The Bertz CT molecular complexity index is 949. The van der Waals surface area contributed by atoms with Crippen LogP contribution in [0.4, 0.5) is 0 Å². The van der Waals surface area contributed by atoms with Gasteiger partial charge in [-0.3, -0.25) is 9.59 Å². The van der Waals surface area contributed by atoms with Gasteiger partial charge in [0.05, 0.1) is 23.9 Å². The largest absolute Gasteiger partial charge is 0.356 e. The predicted octanol–water partition coefficient (Wildman–Crippen LogP) is 2.23. The first-order valence-corrected chi connectivity index (χ1v) is 11.6. The number of nitrogens with one attached hydrogen (secondary N) is 2. The number of amides is 2. The molecule has 2 amide bonds. The number of hydrogen-bond acceptors (Lipinski definition) is 4. The number of nitrogens with zero attached hydrogens (tertiary/aromatic N) is 1. The summed E-state index contributed by atoms with van der Waals surface area (Å²) in [4.78, 5) is 27.2. The topological polar surface area (TPSA) is 95.6 Å². The first-order valence-electron chi connectivity index (χ1n) is 10.1. The van der Waals surface area contributed by atoms with E-state index in [4.69, 9.17) is 0 Å². The first-order chi connectivity index (χ1) is 14.5. The molecule has 0 aromatic heterocycles. The maximum Gasteiger partial charge on any atom is 0.241 e. The molecular weight excluding hydrogens is 402 g/mol. The molecule has 1 aliphatic heterocycles. The zero-order valence-corrected chi connectivity index (χ0v) is 17.6. The molecule has 7 nitrogen and oxygen atoms in total. The number of hydrogen-bond donors (Lipinski definition) is 2. The summed E-state index contributed by atoms with van der Waals surface area (Å²) in [5.74, 6) is -0.467. The molecule has 1 atom stereocenters. The minimum absolute atomic E-state index is 0.109. The minimum Gasteiger partial charge on any atom is -0.356 e. The molecule has 1 fully saturated rings. The number of carbonyl (C=O) groups excluding carboxylic acids is 2. The van der Waals surface area contributed by atoms with Gasteiger partial charge in [-0.25, -0.2) is 13.1 Å². The zero-order valence-electron chi connectivity index (χ0n) is 16.8. The molecule has 0 aliphatic carbocycles. The van der Waals surface area contributed by atoms with Crippen LogP contribution in [0.3, 0.4) is 0 Å². The van der Waals surface area contributed by atoms with Gasteiger partial charge in [0.15, 0.2) is 0 Å². The Morgan fingerprint density at radius 1 is 1.00 bits per heavy atom. The number of carbonyl (C=O) groups is 2. The van der Waals surface area contributed by atoms with Crippen molar-refractivity contribution in [2.24, 2.45) is 0 Å². The SMILES string of the molecule is O=C1C[C@@H](c2ccccc2)N(C(=O)CNS(=O)(=O)c2ccccc2)CCCCCN1. The van der Waals surface area contributed by atoms with Gasteiger partial charge in [-0.2, -0.15) is 0 Å². The Morgan fingerprint density at radius 2 is 1.67 bits per heavy atom. The third-order valence-electron chi connectivity index (χ3n) is 5.12. The fourth-order valence-corrected chi connectivity index (χ4v) is 4.53. The molecule has 1 saturated heterocycles. The molecule has 1 heterocycles. The van der Waals surface area contributed by atoms with Crippen LogP contribution in [0, 0.1) is 0 Å². The third-order valence-corrected chi connectivity index (χ3v) is 6.54. The summed E-state index contributed by atoms with van der Waals surface area (Å²) in [6, 6.07) is 16.9. The summed E-state index contributed by atoms with van der Waals surface area (Å²) < 4.78 is 27.4. The molecule has 2 N–H and O–H groups in total. The van der Waals surface area contributed by atoms with E-state index in [1.54, 1.807) is 23.1 Å². The van der Waals surface area contributed by atoms with E-state index in [1.165, 1.54) is 12.1 Å². The van der Waals surface area contributed by atoms with Crippen molar-refractivity contribution in [3.05, 3.63) is 66.2 Å². The summed E-state index contributed by atoms with van der Waals surface area (Å²) in [7, 11) is -3.79. The normalized spacial score (nSPS) is 18.5. The van der Waals surface area contributed by atoms with Crippen LogP contribution in [0.15, 0.2) is 65.6 Å². The van der Waals surface area contributed by atoms with Gasteiger partial charge in [-0.1, -0.05) is 48.5 Å².